The third kappa shape index (κ3) is 2.55. The van der Waals surface area contributed by atoms with Gasteiger partial charge in [-0.2, -0.15) is 0 Å². The summed E-state index contributed by atoms with van der Waals surface area (Å²) in [5.41, 5.74) is 6.73. The van der Waals surface area contributed by atoms with Gasteiger partial charge in [0.05, 0.1) is 6.54 Å². The minimum atomic E-state index is 0.528. The maximum atomic E-state index is 5.79. The molecule has 0 aliphatic rings. The van der Waals surface area contributed by atoms with Gasteiger partial charge in [0, 0.05) is 5.56 Å². The van der Waals surface area contributed by atoms with Gasteiger partial charge in [-0.05, 0) is 25.5 Å². The highest BCUT2D eigenvalue weighted by molar-refractivity contribution is 5.54. The lowest BCUT2D eigenvalue weighted by Crippen LogP contribution is -2.07. The third-order valence-corrected chi connectivity index (χ3v) is 2.56. The number of rotatable bonds is 4. The Morgan fingerprint density at radius 2 is 2.18 bits per heavy atom. The van der Waals surface area contributed by atoms with Gasteiger partial charge in [-0.25, -0.2) is 9.97 Å². The van der Waals surface area contributed by atoms with E-state index in [1.807, 2.05) is 26.0 Å². The van der Waals surface area contributed by atoms with Gasteiger partial charge in [-0.1, -0.05) is 6.92 Å². The van der Waals surface area contributed by atoms with Crippen LogP contribution < -0.4 is 11.1 Å². The molecular weight excluding hydrogens is 216 g/mol. The molecule has 2 heterocycles. The van der Waals surface area contributed by atoms with Crippen LogP contribution in [0, 0.1) is 6.92 Å². The molecule has 0 amide bonds. The van der Waals surface area contributed by atoms with E-state index in [1.54, 1.807) is 0 Å². The van der Waals surface area contributed by atoms with E-state index in [4.69, 9.17) is 10.2 Å². The summed E-state index contributed by atoms with van der Waals surface area (Å²) in [5.74, 6) is 3.08. The van der Waals surface area contributed by atoms with Crippen LogP contribution in [0.5, 0.6) is 0 Å². The average Bonchev–Trinajstić information content (AvgIpc) is 2.72. The van der Waals surface area contributed by atoms with Gasteiger partial charge in [0.25, 0.3) is 0 Å². The van der Waals surface area contributed by atoms with Gasteiger partial charge < -0.3 is 15.5 Å². The quantitative estimate of drug-likeness (QED) is 0.844. The lowest BCUT2D eigenvalue weighted by atomic mass is 10.2. The molecular formula is C12H16N4O. The van der Waals surface area contributed by atoms with Crippen molar-refractivity contribution in [2.45, 2.75) is 26.8 Å². The van der Waals surface area contributed by atoms with Crippen LogP contribution in [0.1, 0.15) is 24.0 Å². The number of hydrogen-bond acceptors (Lipinski definition) is 5. The maximum Gasteiger partial charge on any atom is 0.135 e. The van der Waals surface area contributed by atoms with Gasteiger partial charge >= 0.3 is 0 Å². The third-order valence-electron chi connectivity index (χ3n) is 2.56. The Balaban J connectivity index is 2.11. The zero-order valence-corrected chi connectivity index (χ0v) is 10.0. The average molecular weight is 232 g/mol. The van der Waals surface area contributed by atoms with E-state index in [0.29, 0.717) is 12.4 Å². The number of anilines is 2. The highest BCUT2D eigenvalue weighted by atomic mass is 16.3. The van der Waals surface area contributed by atoms with E-state index in [1.165, 1.54) is 6.33 Å². The fourth-order valence-corrected chi connectivity index (χ4v) is 1.68. The summed E-state index contributed by atoms with van der Waals surface area (Å²) in [4.78, 5) is 8.16. The second-order valence-corrected chi connectivity index (χ2v) is 3.81. The molecule has 17 heavy (non-hydrogen) atoms. The predicted molar refractivity (Wildman–Crippen MR) is 66.6 cm³/mol. The SMILES string of the molecule is CCc1c(N)ncnc1NCc1ccc(C)o1. The van der Waals surface area contributed by atoms with Gasteiger partial charge in [-0.3, -0.25) is 0 Å². The molecule has 0 saturated carbocycles. The largest absolute Gasteiger partial charge is 0.465 e. The highest BCUT2D eigenvalue weighted by Gasteiger charge is 2.07. The van der Waals surface area contributed by atoms with Crippen molar-refractivity contribution in [3.05, 3.63) is 35.5 Å². The van der Waals surface area contributed by atoms with Crippen LogP contribution in [0.4, 0.5) is 11.6 Å². The second-order valence-electron chi connectivity index (χ2n) is 3.81. The summed E-state index contributed by atoms with van der Waals surface area (Å²) in [6.45, 7) is 4.54. The number of nitrogens with zero attached hydrogens (tertiary/aromatic N) is 2. The molecule has 2 aromatic heterocycles. The molecule has 0 saturated heterocycles. The number of hydrogen-bond donors (Lipinski definition) is 2. The van der Waals surface area contributed by atoms with E-state index >= 15 is 0 Å². The van der Waals surface area contributed by atoms with E-state index in [0.717, 1.165) is 29.3 Å². The molecule has 0 spiro atoms. The van der Waals surface area contributed by atoms with Crippen molar-refractivity contribution in [3.63, 3.8) is 0 Å². The van der Waals surface area contributed by atoms with Gasteiger partial charge in [-0.15, -0.1) is 0 Å². The first-order valence-corrected chi connectivity index (χ1v) is 5.59. The molecule has 5 heteroatoms. The van der Waals surface area contributed by atoms with Crippen LogP contribution >= 0.6 is 0 Å². The van der Waals surface area contributed by atoms with Crippen LogP contribution in [-0.4, -0.2) is 9.97 Å². The van der Waals surface area contributed by atoms with E-state index in [2.05, 4.69) is 15.3 Å². The zero-order chi connectivity index (χ0) is 12.3. The van der Waals surface area contributed by atoms with Crippen molar-refractivity contribution in [2.24, 2.45) is 0 Å². The standard InChI is InChI=1S/C12H16N4O/c1-3-10-11(13)15-7-16-12(10)14-6-9-5-4-8(2)17-9/h4-5,7H,3,6H2,1-2H3,(H3,13,14,15,16). The molecule has 0 radical (unpaired) electrons. The van der Waals surface area contributed by atoms with Crippen LogP contribution in [0.3, 0.4) is 0 Å². The lowest BCUT2D eigenvalue weighted by Gasteiger charge is -2.09. The fourth-order valence-electron chi connectivity index (χ4n) is 1.68. The molecule has 5 nitrogen and oxygen atoms in total. The van der Waals surface area contributed by atoms with Gasteiger partial charge in [0.1, 0.15) is 29.5 Å². The van der Waals surface area contributed by atoms with Crippen LogP contribution in [-0.2, 0) is 13.0 Å². The van der Waals surface area contributed by atoms with E-state index in [9.17, 15) is 0 Å². The van der Waals surface area contributed by atoms with Crippen molar-refractivity contribution in [3.8, 4) is 0 Å². The summed E-state index contributed by atoms with van der Waals surface area (Å²) in [7, 11) is 0. The molecule has 0 atom stereocenters. The Hall–Kier alpha value is -2.04. The Morgan fingerprint density at radius 3 is 2.82 bits per heavy atom. The lowest BCUT2D eigenvalue weighted by molar-refractivity contribution is 0.490. The molecule has 0 aliphatic carbocycles. The number of nitrogens with one attached hydrogen (secondary N) is 1. The Labute approximate surface area is 100 Å². The first-order valence-electron chi connectivity index (χ1n) is 5.59. The maximum absolute atomic E-state index is 5.79. The molecule has 0 fully saturated rings. The first kappa shape index (κ1) is 11.4. The van der Waals surface area contributed by atoms with Crippen LogP contribution in [0.2, 0.25) is 0 Å². The predicted octanol–water partition coefficient (Wildman–Crippen LogP) is 2.13. The number of aromatic nitrogens is 2. The summed E-state index contributed by atoms with van der Waals surface area (Å²) in [6.07, 6.45) is 2.26. The van der Waals surface area contributed by atoms with Crippen molar-refractivity contribution in [1.82, 2.24) is 9.97 Å². The highest BCUT2D eigenvalue weighted by Crippen LogP contribution is 2.18. The topological polar surface area (TPSA) is 77.0 Å². The van der Waals surface area contributed by atoms with Gasteiger partial charge in [0.15, 0.2) is 0 Å². The molecule has 0 bridgehead atoms. The van der Waals surface area contributed by atoms with Crippen molar-refractivity contribution >= 4 is 11.6 Å². The molecule has 2 aromatic rings. The molecule has 3 N–H and O–H groups in total. The number of aryl methyl sites for hydroxylation is 1. The van der Waals surface area contributed by atoms with Crippen molar-refractivity contribution in [1.29, 1.82) is 0 Å². The summed E-state index contributed by atoms with van der Waals surface area (Å²) < 4.78 is 5.47. The molecule has 0 unspecified atom stereocenters. The Kier molecular flexibility index (Phi) is 3.27. The van der Waals surface area contributed by atoms with E-state index in [-0.39, 0.29) is 0 Å². The van der Waals surface area contributed by atoms with Crippen LogP contribution in [0.15, 0.2) is 22.9 Å². The smallest absolute Gasteiger partial charge is 0.135 e. The minimum Gasteiger partial charge on any atom is -0.465 e. The first-order chi connectivity index (χ1) is 8.20. The summed E-state index contributed by atoms with van der Waals surface area (Å²) in [6, 6.07) is 3.88. The minimum absolute atomic E-state index is 0.528. The molecule has 0 aliphatic heterocycles. The Morgan fingerprint density at radius 1 is 1.35 bits per heavy atom. The monoisotopic (exact) mass is 232 g/mol. The fraction of sp³-hybridized carbons (Fsp3) is 0.333. The molecule has 90 valence electrons. The normalized spacial score (nSPS) is 10.5. The molecule has 2 rings (SSSR count). The van der Waals surface area contributed by atoms with Crippen molar-refractivity contribution < 1.29 is 4.42 Å². The van der Waals surface area contributed by atoms with Crippen molar-refractivity contribution in [2.75, 3.05) is 11.1 Å². The van der Waals surface area contributed by atoms with E-state index < -0.39 is 0 Å². The zero-order valence-electron chi connectivity index (χ0n) is 10.0. The second kappa shape index (κ2) is 4.86. The Bertz CT molecular complexity index is 507. The number of furan rings is 1. The number of nitrogens with two attached hydrogens (primary N) is 1. The van der Waals surface area contributed by atoms with Gasteiger partial charge in [0.2, 0.25) is 0 Å². The summed E-state index contributed by atoms with van der Waals surface area (Å²) in [5, 5.41) is 3.21. The number of nitrogen functional groups attached to an aromatic ring is 1. The van der Waals surface area contributed by atoms with Crippen LogP contribution in [0.25, 0.3) is 0 Å². The molecule has 0 aromatic carbocycles. The summed E-state index contributed by atoms with van der Waals surface area (Å²) >= 11 is 0.